The fourth-order valence-electron chi connectivity index (χ4n) is 5.33. The molecule has 0 radical (unpaired) electrons. The second-order valence-electron chi connectivity index (χ2n) is 12.1. The summed E-state index contributed by atoms with van der Waals surface area (Å²) in [4.78, 5) is 36.9. The number of carbonyl (C=O) groups excluding carboxylic acids is 2. The molecule has 0 saturated carbocycles. The number of allylic oxidation sites excluding steroid dienone is 6. The average Bonchev–Trinajstić information content (AvgIpc) is 3.72. The molecule has 0 spiro atoms. The molecule has 0 aliphatic carbocycles. The third-order valence-corrected chi connectivity index (χ3v) is 8.05. The summed E-state index contributed by atoms with van der Waals surface area (Å²) in [5, 5.41) is 62.6. The first-order valence-electron chi connectivity index (χ1n) is 15.7. The maximum Gasteiger partial charge on any atom is 0.330 e. The monoisotopic (exact) mass is 665 g/mol. The minimum atomic E-state index is -1.80. The number of fused-ring (bicyclic) bond motifs is 1. The van der Waals surface area contributed by atoms with E-state index in [1.54, 1.807) is 43.4 Å². The van der Waals surface area contributed by atoms with Gasteiger partial charge in [-0.15, -0.1) is 0 Å². The summed E-state index contributed by atoms with van der Waals surface area (Å²) < 4.78 is 22.2. The predicted molar refractivity (Wildman–Crippen MR) is 166 cm³/mol. The number of epoxide rings is 1. The lowest BCUT2D eigenvalue weighted by Crippen LogP contribution is -2.61. The largest absolute Gasteiger partial charge is 0.481 e. The highest BCUT2D eigenvalue weighted by Crippen LogP contribution is 2.29. The van der Waals surface area contributed by atoms with E-state index in [9.17, 15) is 45.0 Å². The van der Waals surface area contributed by atoms with Crippen molar-refractivity contribution in [1.29, 1.82) is 0 Å². The van der Waals surface area contributed by atoms with Gasteiger partial charge in [-0.05, 0) is 19.9 Å². The molecule has 2 fully saturated rings. The normalized spacial score (nSPS) is 43.4. The molecule has 0 aromatic heterocycles. The lowest BCUT2D eigenvalue weighted by molar-refractivity contribution is -0.277. The molecule has 0 bridgehead atoms. The lowest BCUT2D eigenvalue weighted by atomic mass is 9.88. The van der Waals surface area contributed by atoms with Gasteiger partial charge in [0.25, 0.3) is 0 Å². The summed E-state index contributed by atoms with van der Waals surface area (Å²) in [7, 11) is 0. The summed E-state index contributed by atoms with van der Waals surface area (Å²) in [6, 6.07) is -1.10. The number of cyclic esters (lactones) is 1. The Morgan fingerprint density at radius 3 is 2.26 bits per heavy atom. The van der Waals surface area contributed by atoms with Gasteiger partial charge in [-0.1, -0.05) is 48.6 Å². The summed E-state index contributed by atoms with van der Waals surface area (Å²) in [6.07, 6.45) is 3.57. The van der Waals surface area contributed by atoms with Crippen LogP contribution in [-0.4, -0.2) is 122 Å². The van der Waals surface area contributed by atoms with E-state index >= 15 is 0 Å². The lowest BCUT2D eigenvalue weighted by Gasteiger charge is -2.41. The smallest absolute Gasteiger partial charge is 0.330 e. The number of Topliss-reactive ketones (excluding diaryl/α,β-unsaturated/α-hetero) is 1. The predicted octanol–water partition coefficient (Wildman–Crippen LogP) is -0.0377. The van der Waals surface area contributed by atoms with Crippen molar-refractivity contribution in [3.63, 3.8) is 0 Å². The molecule has 0 aromatic rings. The van der Waals surface area contributed by atoms with Crippen LogP contribution in [0.1, 0.15) is 46.0 Å². The molecule has 0 unspecified atom stereocenters. The second-order valence-corrected chi connectivity index (χ2v) is 12.1. The van der Waals surface area contributed by atoms with E-state index in [1.165, 1.54) is 25.2 Å². The number of carboxylic acids is 1. The van der Waals surface area contributed by atoms with Gasteiger partial charge in [0, 0.05) is 38.2 Å². The number of ether oxygens (including phenoxy) is 4. The third-order valence-electron chi connectivity index (χ3n) is 8.05. The Morgan fingerprint density at radius 1 is 0.872 bits per heavy atom. The quantitative estimate of drug-likeness (QED) is 0.155. The van der Waals surface area contributed by atoms with E-state index in [2.05, 4.69) is 0 Å². The van der Waals surface area contributed by atoms with Crippen LogP contribution in [0.5, 0.6) is 0 Å². The molecule has 0 aromatic carbocycles. The van der Waals surface area contributed by atoms with Gasteiger partial charge < -0.3 is 55.3 Å². The van der Waals surface area contributed by atoms with Crippen LogP contribution in [0.4, 0.5) is 0 Å². The first kappa shape index (κ1) is 38.4. The highest BCUT2D eigenvalue weighted by molar-refractivity contribution is 5.82. The molecule has 3 aliphatic rings. The minimum absolute atomic E-state index is 0.0692. The van der Waals surface area contributed by atoms with Crippen LogP contribution in [0, 0.1) is 5.92 Å². The number of aliphatic carboxylic acids is 1. The standard InChI is InChI=1S/C33H47NO13/c1-18-10-8-6-4-3-5-7-9-11-22(46-33-31(41)29(34)30(40)19(2)45-33)17-24(38)28(32(42)43)23(37)15-20(35)14-21(36)16-26-25(47-26)12-13-27(39)44-18/h3-9,11-13,18-19,21-26,28-31,33,36-38,40-41H,10,14-17,34H2,1-2H3,(H,42,43)/b4-3+,7-5+,8-6+,11-9+,13-12+/t18-,19+,21-,22+,23+,24-,25-,26+,28+,29-,30+,31-,33-/m0/s1. The number of carboxylic acid groups (broad SMARTS) is 1. The fraction of sp³-hybridized carbons (Fsp3) is 0.606. The van der Waals surface area contributed by atoms with Gasteiger partial charge in [0.15, 0.2) is 6.29 Å². The first-order valence-corrected chi connectivity index (χ1v) is 15.7. The van der Waals surface area contributed by atoms with Crippen LogP contribution in [0.25, 0.3) is 0 Å². The number of carbonyl (C=O) groups is 3. The summed E-state index contributed by atoms with van der Waals surface area (Å²) in [6.45, 7) is 3.29. The molecule has 2 saturated heterocycles. The zero-order chi connectivity index (χ0) is 34.7. The number of aliphatic hydroxyl groups excluding tert-OH is 5. The summed E-state index contributed by atoms with van der Waals surface area (Å²) in [5.74, 6) is -4.54. The molecule has 47 heavy (non-hydrogen) atoms. The Balaban J connectivity index is 1.79. The second kappa shape index (κ2) is 18.5. The van der Waals surface area contributed by atoms with E-state index in [1.807, 2.05) is 6.08 Å². The molecule has 0 amide bonds. The Morgan fingerprint density at radius 2 is 1.55 bits per heavy atom. The van der Waals surface area contributed by atoms with Crippen molar-refractivity contribution in [2.45, 2.75) is 119 Å². The van der Waals surface area contributed by atoms with Crippen molar-refractivity contribution in [3.05, 3.63) is 60.8 Å². The number of hydrogen-bond donors (Lipinski definition) is 7. The van der Waals surface area contributed by atoms with Crippen LogP contribution < -0.4 is 5.73 Å². The summed E-state index contributed by atoms with van der Waals surface area (Å²) >= 11 is 0. The number of aliphatic hydroxyl groups is 5. The summed E-state index contributed by atoms with van der Waals surface area (Å²) in [5.41, 5.74) is 5.91. The highest BCUT2D eigenvalue weighted by atomic mass is 16.7. The van der Waals surface area contributed by atoms with Crippen LogP contribution in [0.15, 0.2) is 60.8 Å². The molecular formula is C33H47NO13. The van der Waals surface area contributed by atoms with Crippen molar-refractivity contribution >= 4 is 17.7 Å². The Hall–Kier alpha value is -3.05. The van der Waals surface area contributed by atoms with Crippen molar-refractivity contribution in [2.75, 3.05) is 0 Å². The van der Waals surface area contributed by atoms with E-state index in [0.717, 1.165) is 0 Å². The van der Waals surface area contributed by atoms with Crippen molar-refractivity contribution < 1.29 is 64.0 Å². The van der Waals surface area contributed by atoms with Gasteiger partial charge in [-0.2, -0.15) is 0 Å². The number of esters is 1. The van der Waals surface area contributed by atoms with Gasteiger partial charge >= 0.3 is 11.9 Å². The molecule has 14 heteroatoms. The van der Waals surface area contributed by atoms with E-state index in [0.29, 0.717) is 6.42 Å². The van der Waals surface area contributed by atoms with Crippen molar-refractivity contribution in [1.82, 2.24) is 0 Å². The maximum absolute atomic E-state index is 12.6. The Bertz CT molecular complexity index is 1200. The number of rotatable bonds is 3. The molecule has 14 nitrogen and oxygen atoms in total. The van der Waals surface area contributed by atoms with Gasteiger partial charge in [-0.25, -0.2) is 4.79 Å². The third kappa shape index (κ3) is 12.5. The van der Waals surface area contributed by atoms with E-state index in [4.69, 9.17) is 24.7 Å². The fourth-order valence-corrected chi connectivity index (χ4v) is 5.33. The zero-order valence-corrected chi connectivity index (χ0v) is 26.4. The van der Waals surface area contributed by atoms with Crippen molar-refractivity contribution in [2.24, 2.45) is 11.7 Å². The van der Waals surface area contributed by atoms with Gasteiger partial charge in [0.05, 0.1) is 48.8 Å². The van der Waals surface area contributed by atoms with Crippen LogP contribution >= 0.6 is 0 Å². The maximum atomic E-state index is 12.6. The topological polar surface area (TPSA) is 239 Å². The number of nitrogens with two attached hydrogens (primary N) is 1. The molecule has 3 rings (SSSR count). The van der Waals surface area contributed by atoms with Crippen LogP contribution in [0.2, 0.25) is 0 Å². The Kier molecular flexibility index (Phi) is 15.1. The first-order chi connectivity index (χ1) is 22.3. The van der Waals surface area contributed by atoms with E-state index < -0.39 is 97.3 Å². The van der Waals surface area contributed by atoms with Gasteiger partial charge in [-0.3, -0.25) is 9.59 Å². The molecular weight excluding hydrogens is 618 g/mol. The molecule has 262 valence electrons. The molecule has 3 heterocycles. The SMILES string of the molecule is C[C@H]1C/C=C/C=C/C=C/C=C/[C@@H](O[C@@H]2O[C@H](C)[C@@H](O)[C@H](N)[C@@H]2O)C[C@H](O)[C@H](C(=O)O)[C@H](O)CC(=O)C[C@H](O)C[C@H]2O[C@H]2/C=C/C(=O)O1. The van der Waals surface area contributed by atoms with Crippen LogP contribution in [0.3, 0.4) is 0 Å². The van der Waals surface area contributed by atoms with Crippen molar-refractivity contribution in [3.8, 4) is 0 Å². The Labute approximate surface area is 273 Å². The highest BCUT2D eigenvalue weighted by Gasteiger charge is 2.43. The molecule has 13 atom stereocenters. The zero-order valence-electron chi connectivity index (χ0n) is 26.4. The van der Waals surface area contributed by atoms with Gasteiger partial charge in [0.2, 0.25) is 0 Å². The number of ketones is 1. The number of hydrogen-bond acceptors (Lipinski definition) is 13. The molecule has 8 N–H and O–H groups in total. The van der Waals surface area contributed by atoms with Gasteiger partial charge in [0.1, 0.15) is 30.0 Å². The van der Waals surface area contributed by atoms with Crippen LogP contribution in [-0.2, 0) is 33.3 Å². The average molecular weight is 666 g/mol. The minimum Gasteiger partial charge on any atom is -0.481 e. The molecule has 3 aliphatic heterocycles. The van der Waals surface area contributed by atoms with E-state index in [-0.39, 0.29) is 25.4 Å².